The van der Waals surface area contributed by atoms with E-state index in [1.165, 1.54) is 6.92 Å². The van der Waals surface area contributed by atoms with Crippen molar-refractivity contribution >= 4 is 0 Å². The van der Waals surface area contributed by atoms with E-state index in [-0.39, 0.29) is 6.42 Å². The van der Waals surface area contributed by atoms with Gasteiger partial charge < -0.3 is 9.47 Å². The molecule has 0 rings (SSSR count). The molecule has 138 valence electrons. The van der Waals surface area contributed by atoms with Gasteiger partial charge in [-0.1, -0.05) is 8.78 Å². The number of hydrogen-bond donors (Lipinski definition) is 0. The molecule has 0 radical (unpaired) electrons. The summed E-state index contributed by atoms with van der Waals surface area (Å²) < 4.78 is 35.6. The number of hydrogen-bond acceptors (Lipinski definition) is 10. The second-order valence-corrected chi connectivity index (χ2v) is 4.43. The van der Waals surface area contributed by atoms with Crippen LogP contribution in [0.1, 0.15) is 13.3 Å². The Balaban J connectivity index is 4.36. The summed E-state index contributed by atoms with van der Waals surface area (Å²) in [4.78, 5) is 33.9. The molecule has 0 aliphatic carbocycles. The summed E-state index contributed by atoms with van der Waals surface area (Å²) >= 11 is 0. The van der Waals surface area contributed by atoms with Gasteiger partial charge in [0.15, 0.2) is 0 Å². The van der Waals surface area contributed by atoms with E-state index in [0.29, 0.717) is 0 Å². The van der Waals surface area contributed by atoms with Crippen molar-refractivity contribution in [2.24, 2.45) is 0 Å². The minimum absolute atomic E-state index is 0.253. The zero-order valence-electron chi connectivity index (χ0n) is 12.0. The van der Waals surface area contributed by atoms with Crippen LogP contribution in [-0.2, 0) is 9.47 Å². The van der Waals surface area contributed by atoms with Crippen molar-refractivity contribution in [3.05, 3.63) is 40.5 Å². The number of rotatable bonds is 12. The molecule has 1 unspecified atom stereocenters. The van der Waals surface area contributed by atoms with Gasteiger partial charge >= 0.3 is 11.8 Å². The highest BCUT2D eigenvalue weighted by Gasteiger charge is 2.59. The summed E-state index contributed by atoms with van der Waals surface area (Å²) in [5.74, 6) is -8.10. The number of nitro groups is 4. The van der Waals surface area contributed by atoms with Crippen LogP contribution in [0, 0.1) is 40.5 Å². The minimum atomic E-state index is -4.06. The van der Waals surface area contributed by atoms with Gasteiger partial charge in [-0.2, -0.15) is 0 Å². The van der Waals surface area contributed by atoms with Crippen LogP contribution in [0.2, 0.25) is 0 Å². The Bertz CT molecular complexity index is 489. The van der Waals surface area contributed by atoms with Crippen molar-refractivity contribution in [1.82, 2.24) is 0 Å². The SMILES string of the molecule is CC(CCOCC(F)([N+](=O)[O-])[N+](=O)[O-])OCC(F)([N+](=O)[O-])[N+](=O)[O-]. The number of nitrogens with zero attached hydrogens (tertiary/aromatic N) is 4. The maximum Gasteiger partial charge on any atom is 0.637 e. The molecule has 0 aromatic heterocycles. The minimum Gasteiger partial charge on any atom is -0.364 e. The van der Waals surface area contributed by atoms with E-state index in [0.717, 1.165) is 0 Å². The van der Waals surface area contributed by atoms with Crippen molar-refractivity contribution in [3.63, 3.8) is 0 Å². The van der Waals surface area contributed by atoms with Crippen LogP contribution < -0.4 is 0 Å². The van der Waals surface area contributed by atoms with Gasteiger partial charge in [-0.25, -0.2) is 0 Å². The van der Waals surface area contributed by atoms with Crippen molar-refractivity contribution in [3.8, 4) is 0 Å². The van der Waals surface area contributed by atoms with Crippen LogP contribution in [-0.4, -0.2) is 57.5 Å². The lowest BCUT2D eigenvalue weighted by Gasteiger charge is -2.14. The summed E-state index contributed by atoms with van der Waals surface area (Å²) in [5, 5.41) is 41.1. The Morgan fingerprint density at radius 3 is 1.62 bits per heavy atom. The highest BCUT2D eigenvalue weighted by molar-refractivity contribution is 4.56. The quantitative estimate of drug-likeness (QED) is 0.152. The Hall–Kier alpha value is -2.62. The molecule has 16 heteroatoms. The molecule has 0 aromatic carbocycles. The summed E-state index contributed by atoms with van der Waals surface area (Å²) in [6, 6.07) is 0. The molecule has 0 spiro atoms. The van der Waals surface area contributed by atoms with Crippen molar-refractivity contribution in [2.45, 2.75) is 31.3 Å². The Kier molecular flexibility index (Phi) is 7.39. The maximum absolute atomic E-state index is 13.4. The lowest BCUT2D eigenvalue weighted by atomic mass is 10.3. The normalized spacial score (nSPS) is 13.3. The van der Waals surface area contributed by atoms with E-state index in [2.05, 4.69) is 9.47 Å². The molecular weight excluding hydrogens is 350 g/mol. The molecule has 0 aliphatic heterocycles. The Morgan fingerprint density at radius 2 is 1.25 bits per heavy atom. The van der Waals surface area contributed by atoms with Gasteiger partial charge in [0.25, 0.3) is 0 Å². The number of alkyl halides is 2. The fourth-order valence-corrected chi connectivity index (χ4v) is 1.13. The van der Waals surface area contributed by atoms with Gasteiger partial charge in [0.05, 0.1) is 6.10 Å². The highest BCUT2D eigenvalue weighted by atomic mass is 19.2. The summed E-state index contributed by atoms with van der Waals surface area (Å²) in [6.45, 7) is -2.36. The smallest absolute Gasteiger partial charge is 0.364 e. The van der Waals surface area contributed by atoms with Gasteiger partial charge in [0.1, 0.15) is 19.7 Å². The third-order valence-corrected chi connectivity index (χ3v) is 2.62. The Morgan fingerprint density at radius 1 is 0.875 bits per heavy atom. The van der Waals surface area contributed by atoms with Crippen LogP contribution in [0.15, 0.2) is 0 Å². The third-order valence-electron chi connectivity index (χ3n) is 2.62. The number of ether oxygens (including phenoxy) is 2. The molecule has 0 saturated heterocycles. The predicted molar refractivity (Wildman–Crippen MR) is 66.5 cm³/mol. The first-order chi connectivity index (χ1) is 10.9. The first-order valence-electron chi connectivity index (χ1n) is 6.03. The van der Waals surface area contributed by atoms with Crippen LogP contribution in [0.4, 0.5) is 8.78 Å². The average Bonchev–Trinajstić information content (AvgIpc) is 2.47. The lowest BCUT2D eigenvalue weighted by Crippen LogP contribution is -2.47. The van der Waals surface area contributed by atoms with Gasteiger partial charge in [-0.05, 0) is 13.3 Å². The molecular formula is C8H12F2N4O10. The van der Waals surface area contributed by atoms with E-state index in [1.54, 1.807) is 0 Å². The van der Waals surface area contributed by atoms with Crippen molar-refractivity contribution < 1.29 is 37.9 Å². The molecule has 0 heterocycles. The van der Waals surface area contributed by atoms with Crippen LogP contribution >= 0.6 is 0 Å². The molecule has 1 atom stereocenters. The molecule has 0 saturated carbocycles. The highest BCUT2D eigenvalue weighted by Crippen LogP contribution is 2.16. The maximum atomic E-state index is 13.4. The predicted octanol–water partition coefficient (Wildman–Crippen LogP) is 0.152. The molecule has 0 aromatic rings. The molecule has 0 amide bonds. The van der Waals surface area contributed by atoms with E-state index in [1.807, 2.05) is 0 Å². The lowest BCUT2D eigenvalue weighted by molar-refractivity contribution is -0.833. The topological polar surface area (TPSA) is 191 Å². The second kappa shape index (κ2) is 8.29. The van der Waals surface area contributed by atoms with Crippen LogP contribution in [0.25, 0.3) is 0 Å². The van der Waals surface area contributed by atoms with Crippen molar-refractivity contribution in [2.75, 3.05) is 19.8 Å². The van der Waals surface area contributed by atoms with Gasteiger partial charge in [-0.3, -0.25) is 40.5 Å². The van der Waals surface area contributed by atoms with Gasteiger partial charge in [0, 0.05) is 6.61 Å². The zero-order chi connectivity index (χ0) is 19.1. The molecule has 0 aliphatic rings. The third kappa shape index (κ3) is 5.23. The average molecular weight is 362 g/mol. The number of halogens is 2. The van der Waals surface area contributed by atoms with E-state index in [4.69, 9.17) is 0 Å². The van der Waals surface area contributed by atoms with Crippen LogP contribution in [0.3, 0.4) is 0 Å². The van der Waals surface area contributed by atoms with Gasteiger partial charge in [-0.15, -0.1) is 0 Å². The molecule has 24 heavy (non-hydrogen) atoms. The first-order valence-corrected chi connectivity index (χ1v) is 6.03. The summed E-state index contributed by atoms with van der Waals surface area (Å²) in [6.07, 6.45) is -1.31. The van der Waals surface area contributed by atoms with Crippen molar-refractivity contribution in [1.29, 1.82) is 0 Å². The Labute approximate surface area is 130 Å². The van der Waals surface area contributed by atoms with E-state index < -0.39 is 57.5 Å². The molecule has 0 fully saturated rings. The monoisotopic (exact) mass is 362 g/mol. The standard InChI is InChI=1S/C8H12F2N4O10/c1-6(24-5-8(10,13(19)20)14(21)22)2-3-23-4-7(9,11(15)16)12(17)18/h6H,2-5H2,1H3. The fourth-order valence-electron chi connectivity index (χ4n) is 1.13. The molecule has 0 bridgehead atoms. The van der Waals surface area contributed by atoms with Gasteiger partial charge in [0.2, 0.25) is 13.2 Å². The van der Waals surface area contributed by atoms with Crippen LogP contribution in [0.5, 0.6) is 0 Å². The van der Waals surface area contributed by atoms with E-state index in [9.17, 15) is 49.2 Å². The van der Waals surface area contributed by atoms with E-state index >= 15 is 0 Å². The first kappa shape index (κ1) is 21.4. The summed E-state index contributed by atoms with van der Waals surface area (Å²) in [5.41, 5.74) is 0. The summed E-state index contributed by atoms with van der Waals surface area (Å²) in [7, 11) is 0. The fraction of sp³-hybridized carbons (Fsp3) is 1.00. The zero-order valence-corrected chi connectivity index (χ0v) is 12.0. The molecule has 14 nitrogen and oxygen atoms in total. The second-order valence-electron chi connectivity index (χ2n) is 4.43. The molecule has 0 N–H and O–H groups in total. The largest absolute Gasteiger partial charge is 0.637 e.